The number of aromatic nitrogens is 1. The van der Waals surface area contributed by atoms with Gasteiger partial charge in [0, 0.05) is 12.2 Å². The van der Waals surface area contributed by atoms with Gasteiger partial charge < -0.3 is 5.73 Å². The average molecular weight is 280 g/mol. The van der Waals surface area contributed by atoms with Crippen LogP contribution in [0.5, 0.6) is 0 Å². The Morgan fingerprint density at radius 2 is 1.75 bits per heavy atom. The number of hydrogen-bond acceptors (Lipinski definition) is 2. The number of nitrogens with zero attached hydrogens (tertiary/aromatic N) is 1. The highest BCUT2D eigenvalue weighted by Crippen LogP contribution is 2.29. The largest absolute Gasteiger partial charge is 0.417 e. The van der Waals surface area contributed by atoms with Crippen LogP contribution in [0.4, 0.5) is 13.2 Å². The van der Waals surface area contributed by atoms with E-state index >= 15 is 0 Å². The summed E-state index contributed by atoms with van der Waals surface area (Å²) in [5.41, 5.74) is 6.83. The Kier molecular flexibility index (Phi) is 4.39. The zero-order valence-corrected chi connectivity index (χ0v) is 10.8. The molecule has 0 radical (unpaired) electrons. The summed E-state index contributed by atoms with van der Waals surface area (Å²) in [4.78, 5) is 3.81. The van der Waals surface area contributed by atoms with E-state index in [1.54, 1.807) is 0 Å². The van der Waals surface area contributed by atoms with E-state index in [1.807, 2.05) is 30.3 Å². The van der Waals surface area contributed by atoms with Gasteiger partial charge in [-0.05, 0) is 30.5 Å². The van der Waals surface area contributed by atoms with Crippen LogP contribution in [-0.2, 0) is 12.6 Å². The molecule has 5 heteroatoms. The minimum absolute atomic E-state index is 0.363. The van der Waals surface area contributed by atoms with E-state index in [0.29, 0.717) is 12.1 Å². The molecule has 1 atom stereocenters. The van der Waals surface area contributed by atoms with Crippen molar-refractivity contribution >= 4 is 0 Å². The summed E-state index contributed by atoms with van der Waals surface area (Å²) < 4.78 is 37.3. The highest BCUT2D eigenvalue weighted by atomic mass is 19.4. The van der Waals surface area contributed by atoms with Crippen LogP contribution >= 0.6 is 0 Å². The van der Waals surface area contributed by atoms with Gasteiger partial charge in [-0.15, -0.1) is 0 Å². The normalized spacial score (nSPS) is 13.2. The van der Waals surface area contributed by atoms with E-state index in [2.05, 4.69) is 4.98 Å². The average Bonchev–Trinajstić information content (AvgIpc) is 2.45. The number of pyridine rings is 1. The van der Waals surface area contributed by atoms with Crippen molar-refractivity contribution in [2.75, 3.05) is 0 Å². The van der Waals surface area contributed by atoms with Crippen molar-refractivity contribution in [2.24, 2.45) is 5.73 Å². The molecule has 1 aromatic carbocycles. The maximum absolute atomic E-state index is 12.4. The van der Waals surface area contributed by atoms with Crippen molar-refractivity contribution in [3.63, 3.8) is 0 Å². The Morgan fingerprint density at radius 1 is 1.05 bits per heavy atom. The van der Waals surface area contributed by atoms with Crippen LogP contribution in [-0.4, -0.2) is 4.98 Å². The molecular formula is C15H15F3N2. The SMILES string of the molecule is NC(CCc1ccccc1)c1ccc(C(F)(F)F)cn1. The lowest BCUT2D eigenvalue weighted by molar-refractivity contribution is -0.137. The van der Waals surface area contributed by atoms with Gasteiger partial charge in [-0.1, -0.05) is 30.3 Å². The predicted octanol–water partition coefficient (Wildman–Crippen LogP) is 3.73. The molecule has 1 heterocycles. The molecule has 2 N–H and O–H groups in total. The summed E-state index contributed by atoms with van der Waals surface area (Å²) in [7, 11) is 0. The number of halogens is 3. The molecule has 0 spiro atoms. The van der Waals surface area contributed by atoms with Crippen LogP contribution in [0, 0.1) is 0 Å². The predicted molar refractivity (Wildman–Crippen MR) is 70.9 cm³/mol. The summed E-state index contributed by atoms with van der Waals surface area (Å²) in [6.07, 6.45) is -2.12. The fourth-order valence-electron chi connectivity index (χ4n) is 1.91. The molecule has 2 nitrogen and oxygen atoms in total. The number of benzene rings is 1. The molecule has 2 rings (SSSR count). The second kappa shape index (κ2) is 6.05. The fraction of sp³-hybridized carbons (Fsp3) is 0.267. The lowest BCUT2D eigenvalue weighted by atomic mass is 10.0. The minimum atomic E-state index is -4.36. The van der Waals surface area contributed by atoms with Gasteiger partial charge in [0.15, 0.2) is 0 Å². The van der Waals surface area contributed by atoms with Crippen molar-refractivity contribution in [3.8, 4) is 0 Å². The van der Waals surface area contributed by atoms with Gasteiger partial charge in [-0.25, -0.2) is 0 Å². The van der Waals surface area contributed by atoms with Crippen LogP contribution in [0.15, 0.2) is 48.7 Å². The number of hydrogen-bond donors (Lipinski definition) is 1. The van der Waals surface area contributed by atoms with E-state index < -0.39 is 11.7 Å². The molecule has 1 unspecified atom stereocenters. The van der Waals surface area contributed by atoms with Gasteiger partial charge in [0.2, 0.25) is 0 Å². The van der Waals surface area contributed by atoms with Gasteiger partial charge in [0.05, 0.1) is 11.3 Å². The van der Waals surface area contributed by atoms with Crippen LogP contribution in [0.2, 0.25) is 0 Å². The molecule has 0 aliphatic heterocycles. The summed E-state index contributed by atoms with van der Waals surface area (Å²) in [6.45, 7) is 0. The third-order valence-corrected chi connectivity index (χ3v) is 3.08. The van der Waals surface area contributed by atoms with Crippen molar-refractivity contribution in [3.05, 3.63) is 65.5 Å². The molecule has 0 fully saturated rings. The molecule has 0 aliphatic rings. The lowest BCUT2D eigenvalue weighted by Crippen LogP contribution is -2.14. The minimum Gasteiger partial charge on any atom is -0.323 e. The van der Waals surface area contributed by atoms with Crippen LogP contribution in [0.1, 0.15) is 29.3 Å². The molecule has 2 aromatic rings. The first-order valence-corrected chi connectivity index (χ1v) is 6.29. The number of nitrogens with two attached hydrogens (primary N) is 1. The zero-order valence-electron chi connectivity index (χ0n) is 10.8. The Morgan fingerprint density at radius 3 is 2.30 bits per heavy atom. The van der Waals surface area contributed by atoms with E-state index in [0.717, 1.165) is 24.2 Å². The molecule has 0 aliphatic carbocycles. The smallest absolute Gasteiger partial charge is 0.323 e. The topological polar surface area (TPSA) is 38.9 Å². The van der Waals surface area contributed by atoms with Crippen molar-refractivity contribution in [1.82, 2.24) is 4.98 Å². The highest BCUT2D eigenvalue weighted by Gasteiger charge is 2.30. The van der Waals surface area contributed by atoms with Crippen LogP contribution in [0.25, 0.3) is 0 Å². The standard InChI is InChI=1S/C15H15F3N2/c16-15(17,18)12-7-9-14(20-10-12)13(19)8-6-11-4-2-1-3-5-11/h1-5,7,9-10,13H,6,8,19H2. The number of alkyl halides is 3. The molecule has 0 saturated carbocycles. The summed E-state index contributed by atoms with van der Waals surface area (Å²) in [5, 5.41) is 0. The fourth-order valence-corrected chi connectivity index (χ4v) is 1.91. The maximum Gasteiger partial charge on any atom is 0.417 e. The second-order valence-corrected chi connectivity index (χ2v) is 4.60. The third-order valence-electron chi connectivity index (χ3n) is 3.08. The maximum atomic E-state index is 12.4. The van der Waals surface area contributed by atoms with Gasteiger partial charge in [-0.2, -0.15) is 13.2 Å². The van der Waals surface area contributed by atoms with Gasteiger partial charge in [0.25, 0.3) is 0 Å². The van der Waals surface area contributed by atoms with Gasteiger partial charge in [-0.3, -0.25) is 4.98 Å². The van der Waals surface area contributed by atoms with Crippen molar-refractivity contribution < 1.29 is 13.2 Å². The van der Waals surface area contributed by atoms with E-state index in [4.69, 9.17) is 5.73 Å². The molecular weight excluding hydrogens is 265 g/mol. The molecule has 0 amide bonds. The van der Waals surface area contributed by atoms with Crippen LogP contribution in [0.3, 0.4) is 0 Å². The molecule has 0 saturated heterocycles. The van der Waals surface area contributed by atoms with Crippen molar-refractivity contribution in [1.29, 1.82) is 0 Å². The van der Waals surface area contributed by atoms with E-state index in [-0.39, 0.29) is 6.04 Å². The highest BCUT2D eigenvalue weighted by molar-refractivity contribution is 5.20. The molecule has 106 valence electrons. The number of aryl methyl sites for hydroxylation is 1. The third kappa shape index (κ3) is 3.81. The van der Waals surface area contributed by atoms with Crippen LogP contribution < -0.4 is 5.73 Å². The lowest BCUT2D eigenvalue weighted by Gasteiger charge is -2.12. The Labute approximate surface area is 115 Å². The molecule has 20 heavy (non-hydrogen) atoms. The molecule has 1 aromatic heterocycles. The summed E-state index contributed by atoms with van der Waals surface area (Å²) >= 11 is 0. The zero-order chi connectivity index (χ0) is 14.6. The van der Waals surface area contributed by atoms with Crippen molar-refractivity contribution in [2.45, 2.75) is 25.1 Å². The quantitative estimate of drug-likeness (QED) is 0.926. The van der Waals surface area contributed by atoms with E-state index in [1.165, 1.54) is 6.07 Å². The first-order chi connectivity index (χ1) is 9.47. The van der Waals surface area contributed by atoms with Gasteiger partial charge >= 0.3 is 6.18 Å². The first-order valence-electron chi connectivity index (χ1n) is 6.29. The summed E-state index contributed by atoms with van der Waals surface area (Å²) in [5.74, 6) is 0. The first kappa shape index (κ1) is 14.5. The Hall–Kier alpha value is -1.88. The molecule has 0 bridgehead atoms. The van der Waals surface area contributed by atoms with E-state index in [9.17, 15) is 13.2 Å². The Bertz CT molecular complexity index is 535. The Balaban J connectivity index is 1.97. The van der Waals surface area contributed by atoms with Gasteiger partial charge in [0.1, 0.15) is 0 Å². The summed E-state index contributed by atoms with van der Waals surface area (Å²) in [6, 6.07) is 11.8. The number of rotatable bonds is 4. The monoisotopic (exact) mass is 280 g/mol. The second-order valence-electron chi connectivity index (χ2n) is 4.60.